The summed E-state index contributed by atoms with van der Waals surface area (Å²) in [6.45, 7) is 0.473. The highest BCUT2D eigenvalue weighted by Crippen LogP contribution is 2.32. The maximum absolute atomic E-state index is 12.4. The van der Waals surface area contributed by atoms with Crippen LogP contribution in [0.1, 0.15) is 23.2 Å². The van der Waals surface area contributed by atoms with Crippen LogP contribution in [0, 0.1) is 5.92 Å². The van der Waals surface area contributed by atoms with Crippen LogP contribution in [-0.2, 0) is 0 Å². The summed E-state index contributed by atoms with van der Waals surface area (Å²) in [7, 11) is 0. The number of benzene rings is 1. The van der Waals surface area contributed by atoms with Crippen molar-refractivity contribution in [2.45, 2.75) is 18.9 Å². The van der Waals surface area contributed by atoms with Gasteiger partial charge in [0.2, 0.25) is 0 Å². The minimum atomic E-state index is -0.120. The highest BCUT2D eigenvalue weighted by molar-refractivity contribution is 6.30. The summed E-state index contributed by atoms with van der Waals surface area (Å²) in [5.41, 5.74) is 8.15. The average Bonchev–Trinajstić information content (AvgIpc) is 3.38. The van der Waals surface area contributed by atoms with Crippen LogP contribution in [0.4, 0.5) is 0 Å². The number of rotatable bonds is 5. The van der Waals surface area contributed by atoms with E-state index in [9.17, 15) is 4.79 Å². The molecule has 1 fully saturated rings. The molecule has 0 bridgehead atoms. The lowest BCUT2D eigenvalue weighted by atomic mass is 10.1. The molecule has 3 N–H and O–H groups in total. The maximum atomic E-state index is 12.4. The predicted octanol–water partition coefficient (Wildman–Crippen LogP) is 3.71. The summed E-state index contributed by atoms with van der Waals surface area (Å²) < 4.78 is 0. The topological polar surface area (TPSA) is 68.0 Å². The van der Waals surface area contributed by atoms with E-state index in [0.717, 1.165) is 24.0 Å². The normalized spacial score (nSPS) is 14.1. The molecule has 130 valence electrons. The van der Waals surface area contributed by atoms with E-state index in [0.29, 0.717) is 23.0 Å². The number of aromatic nitrogens is 1. The van der Waals surface area contributed by atoms with Crippen molar-refractivity contribution in [1.29, 1.82) is 0 Å². The molecule has 3 rings (SSSR count). The van der Waals surface area contributed by atoms with Gasteiger partial charge in [-0.3, -0.25) is 9.78 Å². The molecule has 0 saturated heterocycles. The fourth-order valence-electron chi connectivity index (χ4n) is 2.48. The van der Waals surface area contributed by atoms with Gasteiger partial charge in [-0.1, -0.05) is 23.7 Å². The van der Waals surface area contributed by atoms with Crippen molar-refractivity contribution >= 4 is 42.3 Å². The van der Waals surface area contributed by atoms with Crippen molar-refractivity contribution in [3.8, 4) is 11.1 Å². The molecule has 1 unspecified atom stereocenters. The SMILES string of the molecule is Cl.Cl.NCC(NC(=O)c1cncc(-c2ccc(Cl)cc2)c1)C1CC1. The van der Waals surface area contributed by atoms with Crippen molar-refractivity contribution in [3.63, 3.8) is 0 Å². The molecule has 24 heavy (non-hydrogen) atoms. The molecule has 1 amide bonds. The third-order valence-electron chi connectivity index (χ3n) is 3.94. The zero-order valence-corrected chi connectivity index (χ0v) is 15.3. The third-order valence-corrected chi connectivity index (χ3v) is 4.19. The second-order valence-electron chi connectivity index (χ2n) is 5.62. The van der Waals surface area contributed by atoms with Crippen LogP contribution < -0.4 is 11.1 Å². The molecule has 1 saturated carbocycles. The van der Waals surface area contributed by atoms with Crippen LogP contribution in [-0.4, -0.2) is 23.5 Å². The van der Waals surface area contributed by atoms with Gasteiger partial charge >= 0.3 is 0 Å². The fraction of sp³-hybridized carbons (Fsp3) is 0.294. The lowest BCUT2D eigenvalue weighted by Crippen LogP contribution is -2.41. The predicted molar refractivity (Wildman–Crippen MR) is 102 cm³/mol. The Balaban J connectivity index is 0.00000144. The van der Waals surface area contributed by atoms with Crippen LogP contribution in [0.25, 0.3) is 11.1 Å². The van der Waals surface area contributed by atoms with Gasteiger partial charge in [0.1, 0.15) is 0 Å². The summed E-state index contributed by atoms with van der Waals surface area (Å²) in [6, 6.07) is 9.36. The lowest BCUT2D eigenvalue weighted by Gasteiger charge is -2.16. The zero-order chi connectivity index (χ0) is 15.5. The highest BCUT2D eigenvalue weighted by Gasteiger charge is 2.31. The molecule has 4 nitrogen and oxygen atoms in total. The minimum Gasteiger partial charge on any atom is -0.348 e. The maximum Gasteiger partial charge on any atom is 0.253 e. The molecule has 1 aliphatic rings. The number of halogens is 3. The van der Waals surface area contributed by atoms with Crippen molar-refractivity contribution < 1.29 is 4.79 Å². The molecule has 1 heterocycles. The van der Waals surface area contributed by atoms with Crippen LogP contribution in [0.2, 0.25) is 5.02 Å². The Morgan fingerprint density at radius 3 is 2.46 bits per heavy atom. The molecular formula is C17H20Cl3N3O. The van der Waals surface area contributed by atoms with Crippen LogP contribution in [0.5, 0.6) is 0 Å². The Morgan fingerprint density at radius 2 is 1.88 bits per heavy atom. The van der Waals surface area contributed by atoms with E-state index in [4.69, 9.17) is 17.3 Å². The second kappa shape index (κ2) is 9.23. The quantitative estimate of drug-likeness (QED) is 0.820. The molecule has 1 aliphatic carbocycles. The van der Waals surface area contributed by atoms with Crippen LogP contribution in [0.15, 0.2) is 42.7 Å². The molecule has 1 aromatic carbocycles. The van der Waals surface area contributed by atoms with Gasteiger partial charge in [0.05, 0.1) is 5.56 Å². The molecule has 0 spiro atoms. The van der Waals surface area contributed by atoms with Crippen molar-refractivity contribution in [2.24, 2.45) is 11.7 Å². The zero-order valence-electron chi connectivity index (χ0n) is 12.9. The first-order valence-electron chi connectivity index (χ1n) is 7.39. The standard InChI is InChI=1S/C17H18ClN3O.2ClH/c18-15-5-3-11(4-6-15)13-7-14(10-20-9-13)17(22)21-16(8-19)12-1-2-12;;/h3-7,9-10,12,16H,1-2,8,19H2,(H,21,22);2*1H. The molecule has 1 atom stereocenters. The fourth-order valence-corrected chi connectivity index (χ4v) is 2.61. The Bertz CT molecular complexity index is 675. The number of pyridine rings is 1. The van der Waals surface area contributed by atoms with E-state index in [2.05, 4.69) is 10.3 Å². The monoisotopic (exact) mass is 387 g/mol. The minimum absolute atomic E-state index is 0. The van der Waals surface area contributed by atoms with Gasteiger partial charge in [0.15, 0.2) is 0 Å². The van der Waals surface area contributed by atoms with Crippen molar-refractivity contribution in [3.05, 3.63) is 53.3 Å². The number of nitrogens with two attached hydrogens (primary N) is 1. The third kappa shape index (κ3) is 5.08. The van der Waals surface area contributed by atoms with Gasteiger partial charge in [-0.2, -0.15) is 0 Å². The van der Waals surface area contributed by atoms with Crippen molar-refractivity contribution in [2.75, 3.05) is 6.54 Å². The van der Waals surface area contributed by atoms with E-state index in [1.807, 2.05) is 30.3 Å². The Hall–Kier alpha value is -1.33. The lowest BCUT2D eigenvalue weighted by molar-refractivity contribution is 0.0933. The summed E-state index contributed by atoms with van der Waals surface area (Å²) in [5.74, 6) is 0.409. The van der Waals surface area contributed by atoms with Gasteiger partial charge in [0.25, 0.3) is 5.91 Å². The number of nitrogens with one attached hydrogen (secondary N) is 1. The van der Waals surface area contributed by atoms with E-state index in [-0.39, 0.29) is 36.8 Å². The number of amides is 1. The largest absolute Gasteiger partial charge is 0.348 e. The molecule has 1 aromatic heterocycles. The van der Waals surface area contributed by atoms with Crippen LogP contribution >= 0.6 is 36.4 Å². The van der Waals surface area contributed by atoms with Gasteiger partial charge in [-0.05, 0) is 42.5 Å². The number of hydrogen-bond acceptors (Lipinski definition) is 3. The van der Waals surface area contributed by atoms with Crippen LogP contribution in [0.3, 0.4) is 0 Å². The Kier molecular flexibility index (Phi) is 7.97. The van der Waals surface area contributed by atoms with E-state index >= 15 is 0 Å². The molecule has 2 aromatic rings. The summed E-state index contributed by atoms with van der Waals surface area (Å²) in [6.07, 6.45) is 5.60. The first-order chi connectivity index (χ1) is 10.7. The van der Waals surface area contributed by atoms with Gasteiger partial charge in [0, 0.05) is 35.6 Å². The van der Waals surface area contributed by atoms with E-state index in [1.54, 1.807) is 12.4 Å². The molecular weight excluding hydrogens is 369 g/mol. The number of carbonyl (C=O) groups excluding carboxylic acids is 1. The van der Waals surface area contributed by atoms with E-state index in [1.165, 1.54) is 0 Å². The summed E-state index contributed by atoms with van der Waals surface area (Å²) in [4.78, 5) is 16.5. The second-order valence-corrected chi connectivity index (χ2v) is 6.06. The van der Waals surface area contributed by atoms with E-state index < -0.39 is 0 Å². The van der Waals surface area contributed by atoms with Gasteiger partial charge in [-0.25, -0.2) is 0 Å². The highest BCUT2D eigenvalue weighted by atomic mass is 35.5. The van der Waals surface area contributed by atoms with Gasteiger partial charge < -0.3 is 11.1 Å². The summed E-state index contributed by atoms with van der Waals surface area (Å²) >= 11 is 5.90. The smallest absolute Gasteiger partial charge is 0.253 e. The summed E-state index contributed by atoms with van der Waals surface area (Å²) in [5, 5.41) is 3.69. The van der Waals surface area contributed by atoms with Gasteiger partial charge in [-0.15, -0.1) is 24.8 Å². The first kappa shape index (κ1) is 20.7. The Labute approximate surface area is 159 Å². The Morgan fingerprint density at radius 1 is 1.21 bits per heavy atom. The average molecular weight is 389 g/mol. The molecule has 7 heteroatoms. The molecule has 0 radical (unpaired) electrons. The van der Waals surface area contributed by atoms with Crippen molar-refractivity contribution in [1.82, 2.24) is 10.3 Å². The number of carbonyl (C=O) groups is 1. The first-order valence-corrected chi connectivity index (χ1v) is 7.77. The number of hydrogen-bond donors (Lipinski definition) is 2. The number of nitrogens with zero attached hydrogens (tertiary/aromatic N) is 1. The molecule has 0 aliphatic heterocycles.